The molecule has 8 nitrogen and oxygen atoms in total. The molecule has 2 aliphatic rings. The van der Waals surface area contributed by atoms with Gasteiger partial charge in [-0.15, -0.1) is 0 Å². The number of non-ortho nitro benzene ring substituents is 1. The zero-order valence-electron chi connectivity index (χ0n) is 23.7. The Morgan fingerprint density at radius 1 is 0.667 bits per heavy atom. The van der Waals surface area contributed by atoms with Crippen LogP contribution in [0.25, 0.3) is 33.5 Å². The lowest BCUT2D eigenvalue weighted by atomic mass is 10.0. The highest BCUT2D eigenvalue weighted by Gasteiger charge is 2.53. The maximum absolute atomic E-state index is 15.2. The van der Waals surface area contributed by atoms with E-state index in [1.165, 1.54) is 30.3 Å². The van der Waals surface area contributed by atoms with Crippen molar-refractivity contribution in [3.8, 4) is 22.5 Å². The van der Waals surface area contributed by atoms with E-state index in [2.05, 4.69) is 0 Å². The van der Waals surface area contributed by atoms with Crippen LogP contribution in [0.2, 0.25) is 0 Å². The van der Waals surface area contributed by atoms with Crippen LogP contribution in [0.1, 0.15) is 0 Å². The summed E-state index contributed by atoms with van der Waals surface area (Å²) in [6.07, 6.45) is 0. The van der Waals surface area contributed by atoms with Gasteiger partial charge in [0.05, 0.1) is 4.92 Å². The van der Waals surface area contributed by atoms with Gasteiger partial charge in [0.1, 0.15) is 21.4 Å². The van der Waals surface area contributed by atoms with Gasteiger partial charge in [-0.3, -0.25) is 14.9 Å². The summed E-state index contributed by atoms with van der Waals surface area (Å²) in [5, 5.41) is 42.8. The van der Waals surface area contributed by atoms with Gasteiger partial charge in [0, 0.05) is 29.8 Å². The van der Waals surface area contributed by atoms with Gasteiger partial charge in [-0.1, -0.05) is 66.7 Å². The lowest BCUT2D eigenvalue weighted by Gasteiger charge is -2.31. The van der Waals surface area contributed by atoms with Crippen molar-refractivity contribution in [3.63, 3.8) is 0 Å². The number of fused-ring (bicyclic) bond motifs is 2. The fraction of sp³-hybridized carbons (Fsp3) is 0. The Morgan fingerprint density at radius 3 is 1.67 bits per heavy atom. The molecule has 0 N–H and O–H groups in total. The zero-order valence-corrected chi connectivity index (χ0v) is 24.6. The third-order valence-corrected chi connectivity index (χ3v) is 12.4. The van der Waals surface area contributed by atoms with Crippen molar-refractivity contribution in [1.82, 2.24) is 4.73 Å². The molecule has 0 bridgehead atoms. The quantitative estimate of drug-likeness (QED) is 0.0636. The van der Waals surface area contributed by atoms with Crippen molar-refractivity contribution in [2.45, 2.75) is 0 Å². The van der Waals surface area contributed by atoms with Crippen LogP contribution in [0.4, 0.5) is 5.69 Å². The molecule has 1 aliphatic carbocycles. The van der Waals surface area contributed by atoms with E-state index in [0.29, 0.717) is 15.0 Å². The molecule has 1 aliphatic heterocycles. The third kappa shape index (κ3) is 4.34. The van der Waals surface area contributed by atoms with Crippen LogP contribution in [-0.2, 0) is 0 Å². The standard InChI is InChI=1S/C36H24N3O5P/c40-35-30(25-20-22-26(23-21-25)39(43)44)24-33-34(38(42)32-19-11-10-18-31(32)37(33)41)36(35)45(27-12-4-1-5-13-27,28-14-6-2-7-15-28)29-16-8-3-9-17-29/h1-24H. The van der Waals surface area contributed by atoms with Gasteiger partial charge in [0.2, 0.25) is 16.6 Å². The van der Waals surface area contributed by atoms with Gasteiger partial charge in [-0.05, 0) is 60.2 Å². The molecule has 218 valence electrons. The maximum Gasteiger partial charge on any atom is 0.269 e. The molecular formula is C36H24N3O5P. The molecule has 1 heterocycles. The van der Waals surface area contributed by atoms with Crippen molar-refractivity contribution in [3.05, 3.63) is 176 Å². The Bertz CT molecular complexity index is 2130. The first-order valence-electron chi connectivity index (χ1n) is 14.2. The molecule has 7 rings (SSSR count). The Labute approximate surface area is 258 Å². The van der Waals surface area contributed by atoms with Gasteiger partial charge in [0.15, 0.2) is 18.3 Å². The number of rotatable bonds is 6. The molecule has 0 unspecified atom stereocenters. The fourth-order valence-electron chi connectivity index (χ4n) is 6.12. The second-order valence-electron chi connectivity index (χ2n) is 10.5. The van der Waals surface area contributed by atoms with E-state index in [9.17, 15) is 20.5 Å². The summed E-state index contributed by atoms with van der Waals surface area (Å²) in [7, 11) is -3.18. The number of hydrogen-bond donors (Lipinski definition) is 0. The first-order valence-corrected chi connectivity index (χ1v) is 15.9. The second-order valence-corrected chi connectivity index (χ2v) is 13.9. The molecule has 0 saturated carbocycles. The van der Waals surface area contributed by atoms with Gasteiger partial charge in [0.25, 0.3) is 5.69 Å². The summed E-state index contributed by atoms with van der Waals surface area (Å²) in [6, 6.07) is 42.4. The first-order chi connectivity index (χ1) is 21.9. The maximum atomic E-state index is 15.2. The normalized spacial score (nSPS) is 11.6. The molecule has 0 saturated heterocycles. The largest absolute Gasteiger partial charge is 0.805 e. The van der Waals surface area contributed by atoms with E-state index in [0.717, 1.165) is 15.9 Å². The highest BCUT2D eigenvalue weighted by atomic mass is 31.2. The summed E-state index contributed by atoms with van der Waals surface area (Å²) in [5.74, 6) is 0. The van der Waals surface area contributed by atoms with Gasteiger partial charge in [-0.2, -0.15) is 4.73 Å². The van der Waals surface area contributed by atoms with E-state index in [1.54, 1.807) is 24.3 Å². The molecule has 0 spiro atoms. The predicted octanol–water partition coefficient (Wildman–Crippen LogP) is 5.28. The van der Waals surface area contributed by atoms with E-state index < -0.39 is 17.6 Å². The highest BCUT2D eigenvalue weighted by Crippen LogP contribution is 2.55. The molecule has 0 atom stereocenters. The van der Waals surface area contributed by atoms with Crippen molar-refractivity contribution in [2.75, 3.05) is 0 Å². The van der Waals surface area contributed by atoms with Crippen LogP contribution >= 0.6 is 7.26 Å². The second kappa shape index (κ2) is 11.0. The Kier molecular flexibility index (Phi) is 6.84. The molecule has 5 aromatic rings. The number of nitro benzene ring substituents is 1. The topological polar surface area (TPSA) is 115 Å². The summed E-state index contributed by atoms with van der Waals surface area (Å²) in [6.45, 7) is 0. The van der Waals surface area contributed by atoms with Gasteiger partial charge < -0.3 is 15.1 Å². The van der Waals surface area contributed by atoms with Gasteiger partial charge >= 0.3 is 0 Å². The summed E-state index contributed by atoms with van der Waals surface area (Å²) in [4.78, 5) is 26.1. The number of aromatic nitrogens is 2. The van der Waals surface area contributed by atoms with Crippen LogP contribution in [0.3, 0.4) is 0 Å². The lowest BCUT2D eigenvalue weighted by molar-refractivity contribution is -0.565. The Morgan fingerprint density at radius 2 is 1.16 bits per heavy atom. The average Bonchev–Trinajstić information content (AvgIpc) is 3.09. The van der Waals surface area contributed by atoms with Crippen LogP contribution in [-0.4, -0.2) is 9.65 Å². The van der Waals surface area contributed by atoms with Crippen molar-refractivity contribution < 1.29 is 9.65 Å². The number of hydrogen-bond acceptors (Lipinski definition) is 5. The van der Waals surface area contributed by atoms with E-state index >= 15 is 4.79 Å². The van der Waals surface area contributed by atoms with Crippen molar-refractivity contribution >= 4 is 45.2 Å². The van der Waals surface area contributed by atoms with Crippen LogP contribution in [0, 0.1) is 20.5 Å². The highest BCUT2D eigenvalue weighted by molar-refractivity contribution is 8.01. The van der Waals surface area contributed by atoms with E-state index in [4.69, 9.17) is 0 Å². The Hall–Kier alpha value is -5.85. The van der Waals surface area contributed by atoms with Crippen LogP contribution in [0.15, 0.2) is 150 Å². The summed E-state index contributed by atoms with van der Waals surface area (Å²) in [5.41, 5.74) is 0.308. The fourth-order valence-corrected chi connectivity index (χ4v) is 10.6. The van der Waals surface area contributed by atoms with Crippen LogP contribution < -0.4 is 31.4 Å². The molecule has 9 heteroatoms. The molecule has 5 aromatic carbocycles. The molecule has 0 aromatic heterocycles. The monoisotopic (exact) mass is 609 g/mol. The predicted molar refractivity (Wildman–Crippen MR) is 179 cm³/mol. The zero-order chi connectivity index (χ0) is 31.1. The SMILES string of the molecule is O=c1c(-c2ccc([N+](=O)[O-])cc2)cc2[n+]([O-])c3ccccc3n([O-])c-2c1[P+](c1ccccc1)(c1ccccc1)c1ccccc1. The summed E-state index contributed by atoms with van der Waals surface area (Å²) >= 11 is 0. The van der Waals surface area contributed by atoms with Crippen LogP contribution in [0.5, 0.6) is 0 Å². The van der Waals surface area contributed by atoms with Crippen molar-refractivity contribution in [1.29, 1.82) is 0 Å². The minimum Gasteiger partial charge on any atom is -0.805 e. The third-order valence-electron chi connectivity index (χ3n) is 8.10. The van der Waals surface area contributed by atoms with E-state index in [-0.39, 0.29) is 39.0 Å². The molecule has 45 heavy (non-hydrogen) atoms. The Balaban J connectivity index is 1.75. The summed E-state index contributed by atoms with van der Waals surface area (Å²) < 4.78 is 1.41. The minimum absolute atomic E-state index is 0.00995. The van der Waals surface area contributed by atoms with E-state index in [1.807, 2.05) is 91.0 Å². The number of para-hydroxylation sites is 2. The van der Waals surface area contributed by atoms with Gasteiger partial charge in [-0.25, -0.2) is 0 Å². The molecule has 0 amide bonds. The lowest BCUT2D eigenvalue weighted by Crippen LogP contribution is -2.48. The molecule has 0 fully saturated rings. The smallest absolute Gasteiger partial charge is 0.269 e. The first kappa shape index (κ1) is 28.0. The minimum atomic E-state index is -3.18. The van der Waals surface area contributed by atoms with Crippen molar-refractivity contribution in [2.24, 2.45) is 0 Å². The molecular weight excluding hydrogens is 585 g/mol. The number of nitro groups is 1. The molecule has 0 radical (unpaired) electrons. The number of nitrogens with zero attached hydrogens (tertiary/aromatic N) is 3. The average molecular weight is 610 g/mol. The number of benzene rings is 6.